The first-order valence-corrected chi connectivity index (χ1v) is 11.5. The van der Waals surface area contributed by atoms with Gasteiger partial charge in [-0.2, -0.15) is 5.10 Å². The summed E-state index contributed by atoms with van der Waals surface area (Å²) in [6, 6.07) is 12.0. The van der Waals surface area contributed by atoms with Gasteiger partial charge in [-0.15, -0.1) is 0 Å². The predicted molar refractivity (Wildman–Crippen MR) is 113 cm³/mol. The average molecular weight is 416 g/mol. The van der Waals surface area contributed by atoms with Crippen LogP contribution in [0.5, 0.6) is 5.75 Å². The number of aromatic amines is 1. The second-order valence-electron chi connectivity index (χ2n) is 7.52. The highest BCUT2D eigenvalue weighted by Gasteiger charge is 2.23. The van der Waals surface area contributed by atoms with Crippen LogP contribution in [-0.4, -0.2) is 72.5 Å². The maximum absolute atomic E-state index is 11.5. The van der Waals surface area contributed by atoms with Gasteiger partial charge in [0.1, 0.15) is 18.5 Å². The normalized spacial score (nSPS) is 18.0. The maximum Gasteiger partial charge on any atom is 0.152 e. The van der Waals surface area contributed by atoms with Crippen molar-refractivity contribution in [2.75, 3.05) is 37.7 Å². The molecule has 29 heavy (non-hydrogen) atoms. The van der Waals surface area contributed by atoms with Gasteiger partial charge < -0.3 is 9.84 Å². The van der Waals surface area contributed by atoms with Crippen LogP contribution in [0.2, 0.25) is 0 Å². The topological polar surface area (TPSA) is 95.5 Å². The molecule has 1 atom stereocenters. The lowest BCUT2D eigenvalue weighted by Crippen LogP contribution is -2.44. The standard InChI is InChI=1S/C21H25N3O4S/c1-15-21(12-22-23-15)20-11-18(10-16-4-2-3-5-19(16)20)28-14-17(25)13-24-6-8-29(26,27)9-7-24/h2-5,10-12,17,25H,6-9,13-14H2,1H3,(H,22,23). The lowest BCUT2D eigenvalue weighted by atomic mass is 9.98. The molecular weight excluding hydrogens is 390 g/mol. The van der Waals surface area contributed by atoms with Crippen molar-refractivity contribution >= 4 is 20.6 Å². The van der Waals surface area contributed by atoms with Crippen molar-refractivity contribution in [2.45, 2.75) is 13.0 Å². The van der Waals surface area contributed by atoms with E-state index in [1.54, 1.807) is 6.20 Å². The molecule has 1 aromatic heterocycles. The molecule has 1 aliphatic heterocycles. The fourth-order valence-corrected chi connectivity index (χ4v) is 4.96. The van der Waals surface area contributed by atoms with Gasteiger partial charge in [-0.1, -0.05) is 24.3 Å². The van der Waals surface area contributed by atoms with Crippen molar-refractivity contribution in [3.05, 3.63) is 48.3 Å². The Morgan fingerprint density at radius 3 is 2.69 bits per heavy atom. The van der Waals surface area contributed by atoms with E-state index < -0.39 is 15.9 Å². The van der Waals surface area contributed by atoms with Gasteiger partial charge >= 0.3 is 0 Å². The zero-order valence-corrected chi connectivity index (χ0v) is 17.2. The SMILES string of the molecule is Cc1[nH]ncc1-c1cc(OCC(O)CN2CCS(=O)(=O)CC2)cc2ccccc12. The van der Waals surface area contributed by atoms with E-state index in [2.05, 4.69) is 16.3 Å². The lowest BCUT2D eigenvalue weighted by molar-refractivity contribution is 0.0711. The largest absolute Gasteiger partial charge is 0.491 e. The van der Waals surface area contributed by atoms with Crippen molar-refractivity contribution in [3.8, 4) is 16.9 Å². The van der Waals surface area contributed by atoms with Gasteiger partial charge in [0.2, 0.25) is 0 Å². The highest BCUT2D eigenvalue weighted by molar-refractivity contribution is 7.91. The summed E-state index contributed by atoms with van der Waals surface area (Å²) in [6.45, 7) is 3.44. The van der Waals surface area contributed by atoms with Crippen LogP contribution in [0, 0.1) is 6.92 Å². The maximum atomic E-state index is 11.5. The van der Waals surface area contributed by atoms with Crippen LogP contribution in [0.3, 0.4) is 0 Å². The van der Waals surface area contributed by atoms with Gasteiger partial charge in [0.25, 0.3) is 0 Å². The number of hydrogen-bond acceptors (Lipinski definition) is 6. The summed E-state index contributed by atoms with van der Waals surface area (Å²) in [6.07, 6.45) is 1.11. The molecule has 154 valence electrons. The van der Waals surface area contributed by atoms with E-state index in [0.717, 1.165) is 27.6 Å². The first kappa shape index (κ1) is 19.9. The van der Waals surface area contributed by atoms with Crippen LogP contribution in [0.1, 0.15) is 5.69 Å². The molecule has 0 bridgehead atoms. The summed E-state index contributed by atoms with van der Waals surface area (Å²) in [5, 5.41) is 19.6. The number of aliphatic hydroxyl groups excluding tert-OH is 1. The minimum Gasteiger partial charge on any atom is -0.491 e. The second-order valence-corrected chi connectivity index (χ2v) is 9.82. The molecule has 0 aliphatic carbocycles. The van der Waals surface area contributed by atoms with Gasteiger partial charge in [-0.25, -0.2) is 8.42 Å². The number of sulfone groups is 1. The fraction of sp³-hybridized carbons (Fsp3) is 0.381. The Hall–Kier alpha value is -2.42. The predicted octanol–water partition coefficient (Wildman–Crippen LogP) is 2.01. The zero-order valence-electron chi connectivity index (χ0n) is 16.3. The fourth-order valence-electron chi connectivity index (χ4n) is 3.69. The number of fused-ring (bicyclic) bond motifs is 1. The van der Waals surface area contributed by atoms with Crippen LogP contribution >= 0.6 is 0 Å². The molecule has 2 heterocycles. The van der Waals surface area contributed by atoms with Crippen molar-refractivity contribution < 1.29 is 18.3 Å². The van der Waals surface area contributed by atoms with E-state index in [4.69, 9.17) is 4.74 Å². The average Bonchev–Trinajstić information content (AvgIpc) is 3.13. The van der Waals surface area contributed by atoms with Crippen LogP contribution in [0.25, 0.3) is 21.9 Å². The van der Waals surface area contributed by atoms with Crippen molar-refractivity contribution in [2.24, 2.45) is 0 Å². The van der Waals surface area contributed by atoms with Crippen molar-refractivity contribution in [1.29, 1.82) is 0 Å². The minimum absolute atomic E-state index is 0.144. The van der Waals surface area contributed by atoms with Gasteiger partial charge in [0, 0.05) is 30.9 Å². The van der Waals surface area contributed by atoms with Gasteiger partial charge in [-0.3, -0.25) is 10.00 Å². The molecule has 1 unspecified atom stereocenters. The first-order chi connectivity index (χ1) is 13.9. The molecule has 0 radical (unpaired) electrons. The van der Waals surface area contributed by atoms with Crippen molar-refractivity contribution in [3.63, 3.8) is 0 Å². The molecular formula is C21H25N3O4S. The van der Waals surface area contributed by atoms with E-state index in [1.165, 1.54) is 0 Å². The van der Waals surface area contributed by atoms with Crippen LogP contribution in [0.15, 0.2) is 42.6 Å². The van der Waals surface area contributed by atoms with E-state index in [9.17, 15) is 13.5 Å². The number of nitrogens with one attached hydrogen (secondary N) is 1. The number of aromatic nitrogens is 2. The Kier molecular flexibility index (Phi) is 5.58. The molecule has 1 fully saturated rings. The molecule has 7 nitrogen and oxygen atoms in total. The number of H-pyrrole nitrogens is 1. The Bertz CT molecular complexity index is 1100. The third-order valence-electron chi connectivity index (χ3n) is 5.30. The Balaban J connectivity index is 1.48. The zero-order chi connectivity index (χ0) is 20.4. The number of rotatable bonds is 6. The number of β-amino-alcohol motifs (C(OH)–C–C–N with tert-alkyl or cyclic N) is 1. The van der Waals surface area contributed by atoms with Gasteiger partial charge in [0.05, 0.1) is 17.7 Å². The Morgan fingerprint density at radius 2 is 1.97 bits per heavy atom. The van der Waals surface area contributed by atoms with E-state index in [0.29, 0.717) is 25.4 Å². The lowest BCUT2D eigenvalue weighted by Gasteiger charge is -2.28. The summed E-state index contributed by atoms with van der Waals surface area (Å²) in [5.74, 6) is 0.983. The quantitative estimate of drug-likeness (QED) is 0.639. The van der Waals surface area contributed by atoms with Crippen molar-refractivity contribution in [1.82, 2.24) is 15.1 Å². The third-order valence-corrected chi connectivity index (χ3v) is 6.91. The smallest absolute Gasteiger partial charge is 0.152 e. The molecule has 1 aliphatic rings. The summed E-state index contributed by atoms with van der Waals surface area (Å²) >= 11 is 0. The number of ether oxygens (including phenoxy) is 1. The molecule has 0 amide bonds. The number of benzene rings is 2. The summed E-state index contributed by atoms with van der Waals surface area (Å²) in [7, 11) is -2.92. The highest BCUT2D eigenvalue weighted by Crippen LogP contribution is 2.34. The Labute approximate surface area is 170 Å². The van der Waals surface area contributed by atoms with Crippen LogP contribution in [0.4, 0.5) is 0 Å². The molecule has 1 saturated heterocycles. The Morgan fingerprint density at radius 1 is 1.21 bits per heavy atom. The van der Waals surface area contributed by atoms with Gasteiger partial charge in [0.15, 0.2) is 9.84 Å². The molecule has 8 heteroatoms. The number of nitrogens with zero attached hydrogens (tertiary/aromatic N) is 2. The van der Waals surface area contributed by atoms with Gasteiger partial charge in [-0.05, 0) is 35.4 Å². The summed E-state index contributed by atoms with van der Waals surface area (Å²) in [4.78, 5) is 1.97. The summed E-state index contributed by atoms with van der Waals surface area (Å²) in [5.41, 5.74) is 3.02. The number of aliphatic hydroxyl groups is 1. The monoisotopic (exact) mass is 415 g/mol. The van der Waals surface area contributed by atoms with E-state index >= 15 is 0 Å². The minimum atomic E-state index is -2.92. The third kappa shape index (κ3) is 4.60. The molecule has 0 saturated carbocycles. The second kappa shape index (κ2) is 8.14. The van der Waals surface area contributed by atoms with Crippen LogP contribution < -0.4 is 4.74 Å². The van der Waals surface area contributed by atoms with Crippen LogP contribution in [-0.2, 0) is 9.84 Å². The highest BCUT2D eigenvalue weighted by atomic mass is 32.2. The molecule has 2 aromatic carbocycles. The van der Waals surface area contributed by atoms with E-state index in [-0.39, 0.29) is 18.1 Å². The number of aryl methyl sites for hydroxylation is 1. The first-order valence-electron chi connectivity index (χ1n) is 9.68. The molecule has 4 rings (SSSR count). The number of hydrogen-bond donors (Lipinski definition) is 2. The molecule has 0 spiro atoms. The molecule has 3 aromatic rings. The van der Waals surface area contributed by atoms with E-state index in [1.807, 2.05) is 42.2 Å². The summed E-state index contributed by atoms with van der Waals surface area (Å²) < 4.78 is 29.0. The molecule has 2 N–H and O–H groups in total.